The van der Waals surface area contributed by atoms with Crippen LogP contribution in [-0.2, 0) is 10.0 Å². The molecule has 1 aliphatic rings. The lowest BCUT2D eigenvalue weighted by Gasteiger charge is -2.28. The van der Waals surface area contributed by atoms with Crippen LogP contribution in [0.1, 0.15) is 12.8 Å². The molecule has 7 heteroatoms. The Morgan fingerprint density at radius 2 is 2.05 bits per heavy atom. The summed E-state index contributed by atoms with van der Waals surface area (Å²) < 4.78 is 33.5. The lowest BCUT2D eigenvalue weighted by molar-refractivity contribution is 0.220. The Labute approximate surface area is 134 Å². The van der Waals surface area contributed by atoms with E-state index in [1.165, 1.54) is 7.11 Å². The second-order valence-corrected chi connectivity index (χ2v) is 8.04. The van der Waals surface area contributed by atoms with Crippen molar-refractivity contribution in [1.82, 2.24) is 9.62 Å². The quantitative estimate of drug-likeness (QED) is 0.854. The molecule has 0 atom stereocenters. The molecule has 1 aliphatic heterocycles. The van der Waals surface area contributed by atoms with Crippen LogP contribution in [0.5, 0.6) is 5.75 Å². The van der Waals surface area contributed by atoms with Crippen molar-refractivity contribution in [3.63, 3.8) is 0 Å². The predicted molar refractivity (Wildman–Crippen MR) is 86.1 cm³/mol. The number of nitrogens with one attached hydrogen (secondary N) is 1. The number of hydrogen-bond donors (Lipinski definition) is 1. The van der Waals surface area contributed by atoms with E-state index in [-0.39, 0.29) is 4.90 Å². The molecule has 2 rings (SSSR count). The van der Waals surface area contributed by atoms with E-state index in [4.69, 9.17) is 4.74 Å². The zero-order valence-electron chi connectivity index (χ0n) is 12.3. The highest BCUT2D eigenvalue weighted by Crippen LogP contribution is 2.27. The summed E-state index contributed by atoms with van der Waals surface area (Å²) in [5, 5.41) is 0. The number of methoxy groups -OCH3 is 1. The van der Waals surface area contributed by atoms with Gasteiger partial charge >= 0.3 is 0 Å². The van der Waals surface area contributed by atoms with E-state index in [1.807, 2.05) is 0 Å². The normalized spacial score (nSPS) is 17.9. The first-order valence-electron chi connectivity index (χ1n) is 6.94. The average Bonchev–Trinajstić information content (AvgIpc) is 2.47. The minimum atomic E-state index is -3.56. The van der Waals surface area contributed by atoms with Gasteiger partial charge in [0.05, 0.1) is 7.11 Å². The van der Waals surface area contributed by atoms with Crippen LogP contribution in [0.3, 0.4) is 0 Å². The standard InChI is InChI=1S/C14H21BrN2O3S/c1-17-7-5-11(6-8-17)10-16-21(18,19)14-9-12(15)3-4-13(14)20-2/h3-4,9,11,16H,5-8,10H2,1-2H3. The van der Waals surface area contributed by atoms with Crippen LogP contribution in [0.4, 0.5) is 0 Å². The number of ether oxygens (including phenoxy) is 1. The van der Waals surface area contributed by atoms with Gasteiger partial charge in [0, 0.05) is 11.0 Å². The van der Waals surface area contributed by atoms with Gasteiger partial charge in [-0.05, 0) is 57.1 Å². The van der Waals surface area contributed by atoms with Gasteiger partial charge in [-0.2, -0.15) is 0 Å². The van der Waals surface area contributed by atoms with Crippen molar-refractivity contribution >= 4 is 26.0 Å². The number of nitrogens with zero attached hydrogens (tertiary/aromatic N) is 1. The van der Waals surface area contributed by atoms with E-state index >= 15 is 0 Å². The summed E-state index contributed by atoms with van der Waals surface area (Å²) in [5.41, 5.74) is 0. The lowest BCUT2D eigenvalue weighted by atomic mass is 9.98. The third kappa shape index (κ3) is 4.42. The van der Waals surface area contributed by atoms with Crippen molar-refractivity contribution < 1.29 is 13.2 Å². The van der Waals surface area contributed by atoms with Gasteiger partial charge in [0.2, 0.25) is 10.0 Å². The van der Waals surface area contributed by atoms with Gasteiger partial charge < -0.3 is 9.64 Å². The lowest BCUT2D eigenvalue weighted by Crippen LogP contribution is -2.36. The van der Waals surface area contributed by atoms with E-state index in [2.05, 4.69) is 32.6 Å². The Hall–Kier alpha value is -0.630. The molecule has 1 aromatic rings. The molecule has 1 heterocycles. The fourth-order valence-corrected chi connectivity index (χ4v) is 4.25. The molecular formula is C14H21BrN2O3S. The average molecular weight is 377 g/mol. The Bertz CT molecular complexity index is 584. The number of benzene rings is 1. The van der Waals surface area contributed by atoms with Crippen molar-refractivity contribution in [2.24, 2.45) is 5.92 Å². The molecular weight excluding hydrogens is 356 g/mol. The molecule has 1 fully saturated rings. The largest absolute Gasteiger partial charge is 0.495 e. The molecule has 118 valence electrons. The third-order valence-electron chi connectivity index (χ3n) is 3.82. The van der Waals surface area contributed by atoms with E-state index in [0.717, 1.165) is 25.9 Å². The number of rotatable bonds is 5. The van der Waals surface area contributed by atoms with Gasteiger partial charge in [0.25, 0.3) is 0 Å². The van der Waals surface area contributed by atoms with Gasteiger partial charge in [0.1, 0.15) is 10.6 Å². The maximum absolute atomic E-state index is 12.4. The molecule has 0 saturated carbocycles. The first-order valence-corrected chi connectivity index (χ1v) is 9.22. The molecule has 1 N–H and O–H groups in total. The van der Waals surface area contributed by atoms with Crippen LogP contribution in [0.2, 0.25) is 0 Å². The molecule has 1 aromatic carbocycles. The summed E-state index contributed by atoms with van der Waals surface area (Å²) >= 11 is 3.30. The summed E-state index contributed by atoms with van der Waals surface area (Å²) in [5.74, 6) is 0.753. The molecule has 0 aliphatic carbocycles. The summed E-state index contributed by atoms with van der Waals surface area (Å²) in [6.45, 7) is 2.52. The fourth-order valence-electron chi connectivity index (χ4n) is 2.43. The molecule has 1 saturated heterocycles. The molecule has 0 amide bonds. The minimum absolute atomic E-state index is 0.173. The van der Waals surface area contributed by atoms with Gasteiger partial charge in [-0.1, -0.05) is 15.9 Å². The highest BCUT2D eigenvalue weighted by atomic mass is 79.9. The monoisotopic (exact) mass is 376 g/mol. The van der Waals surface area contributed by atoms with Gasteiger partial charge in [-0.25, -0.2) is 13.1 Å². The van der Waals surface area contributed by atoms with Crippen LogP contribution in [0.25, 0.3) is 0 Å². The van der Waals surface area contributed by atoms with Crippen molar-refractivity contribution in [2.45, 2.75) is 17.7 Å². The first-order chi connectivity index (χ1) is 9.92. The van der Waals surface area contributed by atoms with Gasteiger partial charge in [0.15, 0.2) is 0 Å². The molecule has 0 spiro atoms. The molecule has 0 bridgehead atoms. The maximum atomic E-state index is 12.4. The summed E-state index contributed by atoms with van der Waals surface area (Å²) in [6, 6.07) is 4.97. The highest BCUT2D eigenvalue weighted by Gasteiger charge is 2.23. The van der Waals surface area contributed by atoms with Crippen molar-refractivity contribution in [1.29, 1.82) is 0 Å². The Morgan fingerprint density at radius 3 is 2.67 bits per heavy atom. The van der Waals surface area contributed by atoms with E-state index in [0.29, 0.717) is 22.7 Å². The van der Waals surface area contributed by atoms with E-state index in [9.17, 15) is 8.42 Å². The zero-order valence-corrected chi connectivity index (χ0v) is 14.7. The summed E-state index contributed by atoms with van der Waals surface area (Å²) in [4.78, 5) is 2.44. The highest BCUT2D eigenvalue weighted by molar-refractivity contribution is 9.10. The third-order valence-corrected chi connectivity index (χ3v) is 5.75. The number of hydrogen-bond acceptors (Lipinski definition) is 4. The van der Waals surface area contributed by atoms with Crippen LogP contribution in [-0.4, -0.2) is 47.1 Å². The summed E-state index contributed by atoms with van der Waals surface area (Å²) in [6.07, 6.45) is 2.04. The van der Waals surface area contributed by atoms with Crippen molar-refractivity contribution in [3.05, 3.63) is 22.7 Å². The Kier molecular flexibility index (Phi) is 5.65. The predicted octanol–water partition coefficient (Wildman–Crippen LogP) is 2.08. The molecule has 0 radical (unpaired) electrons. The van der Waals surface area contributed by atoms with Crippen LogP contribution in [0, 0.1) is 5.92 Å². The zero-order chi connectivity index (χ0) is 15.5. The van der Waals surface area contributed by atoms with Crippen molar-refractivity contribution in [2.75, 3.05) is 33.8 Å². The smallest absolute Gasteiger partial charge is 0.244 e. The van der Waals surface area contributed by atoms with E-state index in [1.54, 1.807) is 18.2 Å². The minimum Gasteiger partial charge on any atom is -0.495 e. The molecule has 0 aromatic heterocycles. The Morgan fingerprint density at radius 1 is 1.38 bits per heavy atom. The number of piperidine rings is 1. The SMILES string of the molecule is COc1ccc(Br)cc1S(=O)(=O)NCC1CCN(C)CC1. The first kappa shape index (κ1) is 16.7. The van der Waals surface area contributed by atoms with Gasteiger partial charge in [-0.3, -0.25) is 0 Å². The number of halogens is 1. The van der Waals surface area contributed by atoms with E-state index < -0.39 is 10.0 Å². The topological polar surface area (TPSA) is 58.6 Å². The number of likely N-dealkylation sites (tertiary alicyclic amines) is 1. The van der Waals surface area contributed by atoms with Crippen LogP contribution >= 0.6 is 15.9 Å². The molecule has 21 heavy (non-hydrogen) atoms. The number of sulfonamides is 1. The van der Waals surface area contributed by atoms with Crippen LogP contribution in [0.15, 0.2) is 27.6 Å². The fraction of sp³-hybridized carbons (Fsp3) is 0.571. The molecule has 0 unspecified atom stereocenters. The second kappa shape index (κ2) is 7.09. The molecule has 5 nitrogen and oxygen atoms in total. The van der Waals surface area contributed by atoms with Crippen molar-refractivity contribution in [3.8, 4) is 5.75 Å². The van der Waals surface area contributed by atoms with Crippen LogP contribution < -0.4 is 9.46 Å². The Balaban J connectivity index is 2.06. The van der Waals surface area contributed by atoms with Gasteiger partial charge in [-0.15, -0.1) is 0 Å². The maximum Gasteiger partial charge on any atom is 0.244 e. The summed E-state index contributed by atoms with van der Waals surface area (Å²) in [7, 11) is 0.00444. The second-order valence-electron chi connectivity index (χ2n) is 5.39.